The number of rotatable bonds is 5. The van der Waals surface area contributed by atoms with Gasteiger partial charge in [-0.25, -0.2) is 0 Å². The molecule has 0 aliphatic carbocycles. The number of fused-ring (bicyclic) bond motifs is 1. The van der Waals surface area contributed by atoms with Crippen LogP contribution >= 0.6 is 27.5 Å². The second-order valence-electron chi connectivity index (χ2n) is 5.06. The summed E-state index contributed by atoms with van der Waals surface area (Å²) in [5.74, 6) is 1.28. The van der Waals surface area contributed by atoms with Gasteiger partial charge < -0.3 is 19.3 Å². The molecule has 1 amide bonds. The molecular formula is C15H14BrClN2O4. The van der Waals surface area contributed by atoms with Crippen LogP contribution in [0.5, 0.6) is 5.75 Å². The van der Waals surface area contributed by atoms with Gasteiger partial charge in [-0.1, -0.05) is 32.7 Å². The molecule has 122 valence electrons. The first kappa shape index (κ1) is 16.3. The van der Waals surface area contributed by atoms with Gasteiger partial charge in [0.25, 0.3) is 0 Å². The van der Waals surface area contributed by atoms with Crippen LogP contribution in [0, 0.1) is 0 Å². The van der Waals surface area contributed by atoms with Crippen molar-refractivity contribution in [2.75, 3.05) is 6.79 Å². The molecule has 0 spiro atoms. The smallest absolute Gasteiger partial charge is 0.220 e. The molecule has 6 nitrogen and oxygen atoms in total. The van der Waals surface area contributed by atoms with Gasteiger partial charge in [-0.05, 0) is 12.1 Å². The molecule has 0 saturated heterocycles. The summed E-state index contributed by atoms with van der Waals surface area (Å²) in [4.78, 5) is 12.0. The van der Waals surface area contributed by atoms with Crippen LogP contribution in [0.4, 0.5) is 0 Å². The Hall–Kier alpha value is -1.57. The van der Waals surface area contributed by atoms with E-state index < -0.39 is 0 Å². The molecule has 1 aliphatic rings. The number of carbonyl (C=O) groups is 1. The Morgan fingerprint density at radius 3 is 3.04 bits per heavy atom. The SMILES string of the molecule is O=C(CCc1cc(Cl)no1)NCc1cc(Br)cc2c1OCOC2. The molecule has 8 heteroatoms. The Bertz CT molecular complexity index is 719. The molecule has 1 aliphatic heterocycles. The van der Waals surface area contributed by atoms with Crippen LogP contribution in [-0.4, -0.2) is 17.9 Å². The van der Waals surface area contributed by atoms with Gasteiger partial charge in [0.05, 0.1) is 6.61 Å². The average Bonchev–Trinajstić information content (AvgIpc) is 2.96. The fourth-order valence-corrected chi connectivity index (χ4v) is 3.02. The molecule has 2 aromatic rings. The zero-order valence-corrected chi connectivity index (χ0v) is 14.4. The largest absolute Gasteiger partial charge is 0.467 e. The number of halogens is 2. The van der Waals surface area contributed by atoms with Crippen LogP contribution in [0.3, 0.4) is 0 Å². The van der Waals surface area contributed by atoms with E-state index in [2.05, 4.69) is 26.4 Å². The Labute approximate surface area is 146 Å². The van der Waals surface area contributed by atoms with Crippen molar-refractivity contribution >= 4 is 33.4 Å². The zero-order valence-electron chi connectivity index (χ0n) is 12.1. The number of nitrogens with one attached hydrogen (secondary N) is 1. The van der Waals surface area contributed by atoms with E-state index in [1.54, 1.807) is 6.07 Å². The van der Waals surface area contributed by atoms with Crippen LogP contribution in [0.1, 0.15) is 23.3 Å². The summed E-state index contributed by atoms with van der Waals surface area (Å²) in [5.41, 5.74) is 1.87. The molecule has 23 heavy (non-hydrogen) atoms. The van der Waals surface area contributed by atoms with Gasteiger partial charge in [0.1, 0.15) is 11.5 Å². The molecule has 1 aromatic heterocycles. The minimum absolute atomic E-state index is 0.0849. The van der Waals surface area contributed by atoms with Crippen molar-refractivity contribution in [3.63, 3.8) is 0 Å². The number of aryl methyl sites for hydroxylation is 1. The lowest BCUT2D eigenvalue weighted by atomic mass is 10.1. The number of amides is 1. The summed E-state index contributed by atoms with van der Waals surface area (Å²) in [6.45, 7) is 1.11. The topological polar surface area (TPSA) is 73.6 Å². The number of hydrogen-bond acceptors (Lipinski definition) is 5. The highest BCUT2D eigenvalue weighted by molar-refractivity contribution is 9.10. The summed E-state index contributed by atoms with van der Waals surface area (Å²) >= 11 is 9.12. The lowest BCUT2D eigenvalue weighted by molar-refractivity contribution is -0.121. The van der Waals surface area contributed by atoms with E-state index in [-0.39, 0.29) is 12.7 Å². The number of aromatic nitrogens is 1. The molecule has 0 bridgehead atoms. The summed E-state index contributed by atoms with van der Waals surface area (Å²) in [6.07, 6.45) is 0.748. The van der Waals surface area contributed by atoms with Gasteiger partial charge in [0.15, 0.2) is 11.9 Å². The fourth-order valence-electron chi connectivity index (χ4n) is 2.31. The monoisotopic (exact) mass is 400 g/mol. The van der Waals surface area contributed by atoms with E-state index in [1.165, 1.54) is 0 Å². The van der Waals surface area contributed by atoms with E-state index in [9.17, 15) is 4.79 Å². The predicted octanol–water partition coefficient (Wildman–Crippen LogP) is 3.21. The summed E-state index contributed by atoms with van der Waals surface area (Å²) in [7, 11) is 0. The fraction of sp³-hybridized carbons (Fsp3) is 0.333. The molecule has 1 aromatic carbocycles. The van der Waals surface area contributed by atoms with E-state index in [0.29, 0.717) is 36.9 Å². The summed E-state index contributed by atoms with van der Waals surface area (Å²) < 4.78 is 16.7. The molecule has 0 fully saturated rings. The molecular weight excluding hydrogens is 388 g/mol. The summed E-state index contributed by atoms with van der Waals surface area (Å²) in [5, 5.41) is 6.74. The first-order valence-corrected chi connectivity index (χ1v) is 8.18. The standard InChI is InChI=1S/C15H14BrClN2O4/c16-11-3-9(15-10(4-11)7-21-8-22-15)6-18-14(20)2-1-12-5-13(17)19-23-12/h3-5H,1-2,6-8H2,(H,18,20). The molecule has 2 heterocycles. The van der Waals surface area contributed by atoms with Crippen LogP contribution in [-0.2, 0) is 29.1 Å². The lowest BCUT2D eigenvalue weighted by Gasteiger charge is -2.21. The van der Waals surface area contributed by atoms with E-state index >= 15 is 0 Å². The van der Waals surface area contributed by atoms with Crippen LogP contribution < -0.4 is 10.1 Å². The molecule has 0 radical (unpaired) electrons. The van der Waals surface area contributed by atoms with Crippen molar-refractivity contribution in [1.82, 2.24) is 10.5 Å². The average molecular weight is 402 g/mol. The maximum absolute atomic E-state index is 12.0. The molecule has 0 unspecified atom stereocenters. The van der Waals surface area contributed by atoms with E-state index in [4.69, 9.17) is 25.6 Å². The molecule has 3 rings (SSSR count). The first-order chi connectivity index (χ1) is 11.1. The van der Waals surface area contributed by atoms with E-state index in [0.717, 1.165) is 21.3 Å². The number of hydrogen-bond donors (Lipinski definition) is 1. The van der Waals surface area contributed by atoms with Crippen molar-refractivity contribution in [2.45, 2.75) is 26.0 Å². The van der Waals surface area contributed by atoms with Gasteiger partial charge >= 0.3 is 0 Å². The van der Waals surface area contributed by atoms with Crippen molar-refractivity contribution in [3.05, 3.63) is 44.7 Å². The Balaban J connectivity index is 1.57. The van der Waals surface area contributed by atoms with Gasteiger partial charge in [-0.15, -0.1) is 0 Å². The quantitative estimate of drug-likeness (QED) is 0.833. The van der Waals surface area contributed by atoms with Crippen LogP contribution in [0.15, 0.2) is 27.2 Å². The minimum Gasteiger partial charge on any atom is -0.467 e. The molecule has 1 N–H and O–H groups in total. The lowest BCUT2D eigenvalue weighted by Crippen LogP contribution is -2.24. The van der Waals surface area contributed by atoms with E-state index in [1.807, 2.05) is 12.1 Å². The summed E-state index contributed by atoms with van der Waals surface area (Å²) in [6, 6.07) is 5.49. The van der Waals surface area contributed by atoms with Gasteiger partial charge in [-0.2, -0.15) is 0 Å². The maximum atomic E-state index is 12.0. The van der Waals surface area contributed by atoms with Crippen LogP contribution in [0.25, 0.3) is 0 Å². The van der Waals surface area contributed by atoms with Gasteiger partial charge in [0.2, 0.25) is 5.91 Å². The highest BCUT2D eigenvalue weighted by Gasteiger charge is 2.17. The van der Waals surface area contributed by atoms with Crippen molar-refractivity contribution in [1.29, 1.82) is 0 Å². The third kappa shape index (κ3) is 4.25. The maximum Gasteiger partial charge on any atom is 0.220 e. The van der Waals surface area contributed by atoms with Gasteiger partial charge in [0, 0.05) is 41.1 Å². The number of ether oxygens (including phenoxy) is 2. The third-order valence-corrected chi connectivity index (χ3v) is 3.99. The Morgan fingerprint density at radius 1 is 1.39 bits per heavy atom. The third-order valence-electron chi connectivity index (χ3n) is 3.36. The second-order valence-corrected chi connectivity index (χ2v) is 6.36. The molecule has 0 saturated carbocycles. The van der Waals surface area contributed by atoms with Crippen molar-refractivity contribution < 1.29 is 18.8 Å². The predicted molar refractivity (Wildman–Crippen MR) is 86.1 cm³/mol. The Kier molecular flexibility index (Phi) is 5.20. The minimum atomic E-state index is -0.0849. The number of benzene rings is 1. The van der Waals surface area contributed by atoms with Crippen molar-refractivity contribution in [2.24, 2.45) is 0 Å². The number of nitrogens with zero attached hydrogens (tertiary/aromatic N) is 1. The van der Waals surface area contributed by atoms with Gasteiger partial charge in [-0.3, -0.25) is 4.79 Å². The first-order valence-electron chi connectivity index (χ1n) is 7.01. The van der Waals surface area contributed by atoms with Crippen molar-refractivity contribution in [3.8, 4) is 5.75 Å². The zero-order chi connectivity index (χ0) is 16.2. The normalized spacial score (nSPS) is 13.3. The highest BCUT2D eigenvalue weighted by Crippen LogP contribution is 2.31. The Morgan fingerprint density at radius 2 is 2.26 bits per heavy atom. The van der Waals surface area contributed by atoms with Crippen LogP contribution in [0.2, 0.25) is 5.15 Å². The highest BCUT2D eigenvalue weighted by atomic mass is 79.9. The molecule has 0 atom stereocenters. The second kappa shape index (κ2) is 7.33. The number of carbonyl (C=O) groups excluding carboxylic acids is 1.